The molecule has 0 aliphatic heterocycles. The highest BCUT2D eigenvalue weighted by molar-refractivity contribution is 7.85. The number of nitrogens with one attached hydrogen (secondary N) is 1. The molecule has 0 fully saturated rings. The summed E-state index contributed by atoms with van der Waals surface area (Å²) in [5.74, 6) is -0.692. The molecule has 0 saturated heterocycles. The van der Waals surface area contributed by atoms with Gasteiger partial charge in [-0.2, -0.15) is 13.5 Å². The lowest BCUT2D eigenvalue weighted by molar-refractivity contribution is -0.384. The van der Waals surface area contributed by atoms with Crippen molar-refractivity contribution in [1.82, 2.24) is 5.17 Å². The maximum atomic E-state index is 10.5. The van der Waals surface area contributed by atoms with Gasteiger partial charge < -0.3 is 5.73 Å². The molecule has 0 amide bonds. The molecule has 0 saturated carbocycles. The third-order valence-electron chi connectivity index (χ3n) is 3.03. The SMILES string of the molecule is Cc1ccc(S(=O)(=O)O)cc1.N=C(N)N(O)N=Cc1cc([N+](=O)[O-])ccc1Cl. The van der Waals surface area contributed by atoms with Crippen molar-refractivity contribution in [3.63, 3.8) is 0 Å². The van der Waals surface area contributed by atoms with Crippen LogP contribution in [0.5, 0.6) is 0 Å². The van der Waals surface area contributed by atoms with Crippen LogP contribution in [0, 0.1) is 22.4 Å². The Morgan fingerprint density at radius 3 is 2.36 bits per heavy atom. The Morgan fingerprint density at radius 1 is 1.32 bits per heavy atom. The van der Waals surface area contributed by atoms with Gasteiger partial charge in [0.05, 0.1) is 16.0 Å². The van der Waals surface area contributed by atoms with Crippen molar-refractivity contribution in [1.29, 1.82) is 5.41 Å². The number of hydrogen-bond acceptors (Lipinski definition) is 7. The second-order valence-corrected chi connectivity index (χ2v) is 7.00. The molecule has 0 unspecified atom stereocenters. The van der Waals surface area contributed by atoms with Crippen molar-refractivity contribution in [3.8, 4) is 0 Å². The Balaban J connectivity index is 0.000000307. The van der Waals surface area contributed by atoms with Crippen LogP contribution >= 0.6 is 11.6 Å². The van der Waals surface area contributed by atoms with Gasteiger partial charge in [-0.15, -0.1) is 5.17 Å². The first-order chi connectivity index (χ1) is 12.9. The predicted octanol–water partition coefficient (Wildman–Crippen LogP) is 2.41. The monoisotopic (exact) mass is 429 g/mol. The number of hydroxylamine groups is 1. The second-order valence-electron chi connectivity index (χ2n) is 5.17. The minimum Gasteiger partial charge on any atom is -0.367 e. The summed E-state index contributed by atoms with van der Waals surface area (Å²) in [5, 5.41) is 30.0. The molecular weight excluding hydrogens is 414 g/mol. The molecule has 5 N–H and O–H groups in total. The van der Waals surface area contributed by atoms with Gasteiger partial charge in [0.25, 0.3) is 15.8 Å². The Kier molecular flexibility index (Phi) is 8.00. The molecule has 28 heavy (non-hydrogen) atoms. The van der Waals surface area contributed by atoms with Crippen molar-refractivity contribution in [2.45, 2.75) is 11.8 Å². The number of aryl methyl sites for hydroxylation is 1. The zero-order chi connectivity index (χ0) is 21.5. The molecule has 0 radical (unpaired) electrons. The van der Waals surface area contributed by atoms with Gasteiger partial charge in [-0.25, -0.2) is 0 Å². The number of non-ortho nitro benzene ring substituents is 1. The lowest BCUT2D eigenvalue weighted by Crippen LogP contribution is -2.28. The summed E-state index contributed by atoms with van der Waals surface area (Å²) in [4.78, 5) is 9.86. The van der Waals surface area contributed by atoms with E-state index in [-0.39, 0.29) is 26.3 Å². The van der Waals surface area contributed by atoms with Crippen molar-refractivity contribution in [2.75, 3.05) is 0 Å². The van der Waals surface area contributed by atoms with E-state index in [9.17, 15) is 18.5 Å². The highest BCUT2D eigenvalue weighted by atomic mass is 35.5. The summed E-state index contributed by atoms with van der Waals surface area (Å²) < 4.78 is 29.6. The standard InChI is InChI=1S/C8H8ClN5O3.C7H8O3S/c9-7-2-1-6(14(16)17)3-5(7)4-12-13(15)8(10)11;1-6-2-4-7(5-3-6)11(8,9)10/h1-4,15H,(H3,10,11);2-5H,1H3,(H,8,9,10). The van der Waals surface area contributed by atoms with Crippen LogP contribution in [0.2, 0.25) is 5.02 Å². The number of guanidine groups is 1. The number of nitro benzene ring substituents is 1. The first kappa shape index (κ1) is 23.0. The molecule has 0 spiro atoms. The zero-order valence-corrected chi connectivity index (χ0v) is 15.9. The predicted molar refractivity (Wildman–Crippen MR) is 102 cm³/mol. The lowest BCUT2D eigenvalue weighted by Gasteiger charge is -2.06. The third-order valence-corrected chi connectivity index (χ3v) is 4.24. The molecule has 0 aliphatic rings. The summed E-state index contributed by atoms with van der Waals surface area (Å²) in [6, 6.07) is 9.74. The Morgan fingerprint density at radius 2 is 1.89 bits per heavy atom. The van der Waals surface area contributed by atoms with Crippen LogP contribution in [0.25, 0.3) is 0 Å². The molecule has 0 aliphatic carbocycles. The van der Waals surface area contributed by atoms with Crippen LogP contribution < -0.4 is 5.73 Å². The van der Waals surface area contributed by atoms with Gasteiger partial charge in [0.1, 0.15) is 0 Å². The maximum Gasteiger partial charge on any atom is 0.294 e. The largest absolute Gasteiger partial charge is 0.367 e. The minimum absolute atomic E-state index is 0.0666. The molecule has 0 aromatic heterocycles. The fourth-order valence-corrected chi connectivity index (χ4v) is 2.28. The van der Waals surface area contributed by atoms with Crippen LogP contribution in [0.15, 0.2) is 52.5 Å². The van der Waals surface area contributed by atoms with E-state index in [1.165, 1.54) is 30.3 Å². The fourth-order valence-electron chi connectivity index (χ4n) is 1.63. The van der Waals surface area contributed by atoms with E-state index in [4.69, 9.17) is 32.5 Å². The summed E-state index contributed by atoms with van der Waals surface area (Å²) in [7, 11) is -4.02. The van der Waals surface area contributed by atoms with Gasteiger partial charge in [0.15, 0.2) is 0 Å². The van der Waals surface area contributed by atoms with Crippen LogP contribution in [0.1, 0.15) is 11.1 Å². The molecule has 0 heterocycles. The van der Waals surface area contributed by atoms with Gasteiger partial charge in [-0.1, -0.05) is 29.3 Å². The van der Waals surface area contributed by atoms with E-state index in [1.807, 2.05) is 6.92 Å². The zero-order valence-electron chi connectivity index (χ0n) is 14.4. The first-order valence-electron chi connectivity index (χ1n) is 7.27. The van der Waals surface area contributed by atoms with Gasteiger partial charge in [0, 0.05) is 22.7 Å². The summed E-state index contributed by atoms with van der Waals surface area (Å²) in [6.07, 6.45) is 1.05. The van der Waals surface area contributed by atoms with Crippen molar-refractivity contribution in [2.24, 2.45) is 10.8 Å². The maximum absolute atomic E-state index is 10.5. The minimum atomic E-state index is -4.02. The topological polar surface area (TPSA) is 183 Å². The second kappa shape index (κ2) is 9.75. The number of benzene rings is 2. The molecule has 11 nitrogen and oxygen atoms in total. The van der Waals surface area contributed by atoms with Crippen molar-refractivity contribution >= 4 is 39.6 Å². The molecule has 0 atom stereocenters. The fraction of sp³-hybridized carbons (Fsp3) is 0.0667. The van der Waals surface area contributed by atoms with E-state index in [0.717, 1.165) is 11.8 Å². The highest BCUT2D eigenvalue weighted by Crippen LogP contribution is 2.20. The summed E-state index contributed by atoms with van der Waals surface area (Å²) in [6.45, 7) is 1.84. The van der Waals surface area contributed by atoms with Crippen LogP contribution in [0.4, 0.5) is 5.69 Å². The van der Waals surface area contributed by atoms with Gasteiger partial charge in [0.2, 0.25) is 5.96 Å². The molecule has 0 bridgehead atoms. The lowest BCUT2D eigenvalue weighted by atomic mass is 10.2. The van der Waals surface area contributed by atoms with Crippen LogP contribution in [-0.2, 0) is 10.1 Å². The Labute approximate surface area is 165 Å². The van der Waals surface area contributed by atoms with Gasteiger partial charge >= 0.3 is 0 Å². The average Bonchev–Trinajstić information content (AvgIpc) is 2.60. The Bertz CT molecular complexity index is 994. The summed E-state index contributed by atoms with van der Waals surface area (Å²) >= 11 is 5.77. The highest BCUT2D eigenvalue weighted by Gasteiger charge is 2.09. The number of hydrazone groups is 1. The quantitative estimate of drug-likeness (QED) is 0.187. The number of nitrogens with two attached hydrogens (primary N) is 1. The molecule has 150 valence electrons. The molecule has 2 aromatic rings. The third kappa shape index (κ3) is 7.28. The number of halogens is 1. The van der Waals surface area contributed by atoms with E-state index >= 15 is 0 Å². The molecule has 2 aromatic carbocycles. The molecule has 13 heteroatoms. The van der Waals surface area contributed by atoms with Gasteiger partial charge in [-0.05, 0) is 25.1 Å². The number of rotatable bonds is 4. The van der Waals surface area contributed by atoms with Crippen molar-refractivity contribution in [3.05, 3.63) is 68.7 Å². The van der Waals surface area contributed by atoms with E-state index in [2.05, 4.69) is 5.10 Å². The molecule has 2 rings (SSSR count). The van der Waals surface area contributed by atoms with E-state index < -0.39 is 21.0 Å². The van der Waals surface area contributed by atoms with Crippen molar-refractivity contribution < 1.29 is 23.1 Å². The average molecular weight is 430 g/mol. The molecular formula is C15H16ClN5O6S. The smallest absolute Gasteiger partial charge is 0.294 e. The van der Waals surface area contributed by atoms with Crippen LogP contribution in [-0.4, -0.2) is 40.4 Å². The van der Waals surface area contributed by atoms with Gasteiger partial charge in [-0.3, -0.25) is 25.3 Å². The summed E-state index contributed by atoms with van der Waals surface area (Å²) in [5.41, 5.74) is 5.94. The number of nitro groups is 1. The Hall–Kier alpha value is -3.06. The number of nitrogens with zero attached hydrogens (tertiary/aromatic N) is 3. The van der Waals surface area contributed by atoms with E-state index in [1.54, 1.807) is 12.1 Å². The normalized spacial score (nSPS) is 10.9. The van der Waals surface area contributed by atoms with Crippen LogP contribution in [0.3, 0.4) is 0 Å². The number of hydrogen-bond donors (Lipinski definition) is 4. The first-order valence-corrected chi connectivity index (χ1v) is 9.08. The van der Waals surface area contributed by atoms with E-state index in [0.29, 0.717) is 0 Å².